The van der Waals surface area contributed by atoms with Gasteiger partial charge in [-0.2, -0.15) is 0 Å². The van der Waals surface area contributed by atoms with E-state index in [1.807, 2.05) is 22.7 Å². The Kier molecular flexibility index (Phi) is 7.18. The van der Waals surface area contributed by atoms with E-state index in [-0.39, 0.29) is 0 Å². The zero-order valence-electron chi connectivity index (χ0n) is 33.3. The second kappa shape index (κ2) is 13.0. The zero-order valence-corrected chi connectivity index (χ0v) is 35.0. The molecule has 14 aromatic rings. The smallest absolute Gasteiger partial charge is 0.0641 e. The van der Waals surface area contributed by atoms with Gasteiger partial charge in [-0.25, -0.2) is 0 Å². The number of nitrogens with zero attached hydrogens (tertiary/aromatic N) is 2. The summed E-state index contributed by atoms with van der Waals surface area (Å²) in [5.74, 6) is 0. The van der Waals surface area contributed by atoms with Gasteiger partial charge in [0.25, 0.3) is 0 Å². The summed E-state index contributed by atoms with van der Waals surface area (Å²) in [5, 5.41) is 12.7. The van der Waals surface area contributed by atoms with Crippen LogP contribution in [0.15, 0.2) is 206 Å². The molecule has 0 amide bonds. The minimum absolute atomic E-state index is 1.16. The summed E-state index contributed by atoms with van der Waals surface area (Å²) in [6.07, 6.45) is 0. The van der Waals surface area contributed by atoms with Crippen LogP contribution < -0.4 is 0 Å². The molecule has 4 aromatic heterocycles. The standard InChI is InChI=1S/C58H34N2S2/c1-2-13-35(14-3-1)37-27-30-50-46(33-37)41-29-31-51-56(44-18-6-8-23-49(44)60(51)48-24-10-16-36-15-4-5-17-39(36)48)57(41)59(50)38-28-32-53-47(34-38)43-22-11-21-42(58(43)62-53)40-20-12-26-54-55(40)45-19-7-9-25-52(45)61-54/h1-34H. The van der Waals surface area contributed by atoms with Gasteiger partial charge in [-0.05, 0) is 82.7 Å². The topological polar surface area (TPSA) is 9.86 Å². The Morgan fingerprint density at radius 2 is 1.02 bits per heavy atom. The van der Waals surface area contributed by atoms with Crippen molar-refractivity contribution < 1.29 is 0 Å². The first-order chi connectivity index (χ1) is 30.8. The monoisotopic (exact) mass is 822 g/mol. The van der Waals surface area contributed by atoms with Gasteiger partial charge >= 0.3 is 0 Å². The van der Waals surface area contributed by atoms with Crippen molar-refractivity contribution in [2.45, 2.75) is 0 Å². The molecule has 0 aliphatic rings. The van der Waals surface area contributed by atoms with Crippen LogP contribution in [0.2, 0.25) is 0 Å². The lowest BCUT2D eigenvalue weighted by Crippen LogP contribution is -1.96. The van der Waals surface area contributed by atoms with Gasteiger partial charge in [0.1, 0.15) is 0 Å². The van der Waals surface area contributed by atoms with Crippen LogP contribution in [0.3, 0.4) is 0 Å². The van der Waals surface area contributed by atoms with E-state index in [9.17, 15) is 0 Å². The average Bonchev–Trinajstić information content (AvgIpc) is 4.09. The zero-order chi connectivity index (χ0) is 40.5. The Balaban J connectivity index is 1.07. The van der Waals surface area contributed by atoms with Gasteiger partial charge in [-0.3, -0.25) is 0 Å². The van der Waals surface area contributed by atoms with Crippen molar-refractivity contribution in [3.05, 3.63) is 206 Å². The molecule has 62 heavy (non-hydrogen) atoms. The maximum absolute atomic E-state index is 2.55. The fourth-order valence-electron chi connectivity index (χ4n) is 10.4. The van der Waals surface area contributed by atoms with Crippen molar-refractivity contribution in [2.75, 3.05) is 0 Å². The molecular weight excluding hydrogens is 789 g/mol. The maximum Gasteiger partial charge on any atom is 0.0641 e. The lowest BCUT2D eigenvalue weighted by atomic mass is 9.98. The van der Waals surface area contributed by atoms with Crippen LogP contribution in [-0.2, 0) is 0 Å². The second-order valence-electron chi connectivity index (χ2n) is 16.4. The first kappa shape index (κ1) is 34.2. The fourth-order valence-corrected chi connectivity index (χ4v) is 12.8. The van der Waals surface area contributed by atoms with E-state index in [0.29, 0.717) is 0 Å². The van der Waals surface area contributed by atoms with Crippen LogP contribution in [0.5, 0.6) is 0 Å². The van der Waals surface area contributed by atoms with Crippen LogP contribution in [0.4, 0.5) is 0 Å². The van der Waals surface area contributed by atoms with E-state index >= 15 is 0 Å². The van der Waals surface area contributed by atoms with Crippen molar-refractivity contribution in [3.8, 4) is 33.6 Å². The largest absolute Gasteiger partial charge is 0.309 e. The molecule has 0 spiro atoms. The highest BCUT2D eigenvalue weighted by molar-refractivity contribution is 7.26. The molecule has 0 aliphatic carbocycles. The highest BCUT2D eigenvalue weighted by Crippen LogP contribution is 2.47. The number of benzene rings is 10. The van der Waals surface area contributed by atoms with Crippen molar-refractivity contribution in [1.29, 1.82) is 0 Å². The van der Waals surface area contributed by atoms with Gasteiger partial charge in [0.2, 0.25) is 0 Å². The Morgan fingerprint density at radius 3 is 1.95 bits per heavy atom. The molecule has 0 aliphatic heterocycles. The van der Waals surface area contributed by atoms with E-state index in [1.54, 1.807) is 0 Å². The Hall–Kier alpha value is -7.50. The van der Waals surface area contributed by atoms with E-state index in [1.165, 1.54) is 123 Å². The molecule has 0 saturated carbocycles. The summed E-state index contributed by atoms with van der Waals surface area (Å²) in [4.78, 5) is 0. The van der Waals surface area contributed by atoms with Crippen LogP contribution in [0.25, 0.3) is 128 Å². The Bertz CT molecular complexity index is 4150. The molecule has 0 fully saturated rings. The maximum atomic E-state index is 2.55. The van der Waals surface area contributed by atoms with Crippen LogP contribution in [0, 0.1) is 0 Å². The molecule has 4 heterocycles. The summed E-state index contributed by atoms with van der Waals surface area (Å²) < 4.78 is 10.3. The highest BCUT2D eigenvalue weighted by atomic mass is 32.1. The summed E-state index contributed by atoms with van der Waals surface area (Å²) in [5.41, 5.74) is 12.2. The van der Waals surface area contributed by atoms with E-state index in [4.69, 9.17) is 0 Å². The number of para-hydroxylation sites is 1. The quantitative estimate of drug-likeness (QED) is 0.167. The SMILES string of the molecule is c1ccc(-c2ccc3c(c2)c2ccc4c(c5ccccc5n4-c4cccc5ccccc45)c2n3-c2ccc3sc4c(-c5cccc6sc7ccccc7c56)cccc4c3c2)cc1. The van der Waals surface area contributed by atoms with Crippen LogP contribution >= 0.6 is 22.7 Å². The number of fused-ring (bicyclic) bond motifs is 14. The summed E-state index contributed by atoms with van der Waals surface area (Å²) in [7, 11) is 0. The molecule has 14 rings (SSSR count). The first-order valence-electron chi connectivity index (χ1n) is 21.2. The number of aromatic nitrogens is 2. The lowest BCUT2D eigenvalue weighted by molar-refractivity contribution is 1.19. The molecule has 10 aromatic carbocycles. The predicted molar refractivity (Wildman–Crippen MR) is 269 cm³/mol. The normalized spacial score (nSPS) is 12.2. The van der Waals surface area contributed by atoms with E-state index in [2.05, 4.69) is 215 Å². The molecule has 0 saturated heterocycles. The van der Waals surface area contributed by atoms with Gasteiger partial charge in [-0.1, -0.05) is 146 Å². The third-order valence-electron chi connectivity index (χ3n) is 13.1. The molecule has 288 valence electrons. The average molecular weight is 823 g/mol. The number of hydrogen-bond donors (Lipinski definition) is 0. The van der Waals surface area contributed by atoms with Crippen molar-refractivity contribution in [3.63, 3.8) is 0 Å². The third-order valence-corrected chi connectivity index (χ3v) is 15.5. The Morgan fingerprint density at radius 1 is 0.323 bits per heavy atom. The molecule has 0 N–H and O–H groups in total. The van der Waals surface area contributed by atoms with E-state index < -0.39 is 0 Å². The molecule has 0 atom stereocenters. The van der Waals surface area contributed by atoms with Gasteiger partial charge in [0, 0.05) is 78.5 Å². The minimum atomic E-state index is 1.16. The highest BCUT2D eigenvalue weighted by Gasteiger charge is 2.23. The van der Waals surface area contributed by atoms with Crippen LogP contribution in [0.1, 0.15) is 0 Å². The van der Waals surface area contributed by atoms with E-state index in [0.717, 1.165) is 5.69 Å². The van der Waals surface area contributed by atoms with Gasteiger partial charge in [0.05, 0.1) is 27.8 Å². The molecule has 4 heteroatoms. The molecular formula is C58H34N2S2. The second-order valence-corrected chi connectivity index (χ2v) is 18.5. The van der Waals surface area contributed by atoms with Crippen molar-refractivity contribution in [2.24, 2.45) is 0 Å². The summed E-state index contributed by atoms with van der Waals surface area (Å²) >= 11 is 3.79. The van der Waals surface area contributed by atoms with Crippen molar-refractivity contribution in [1.82, 2.24) is 9.13 Å². The Labute approximate surface area is 364 Å². The molecule has 0 unspecified atom stereocenters. The number of rotatable bonds is 4. The van der Waals surface area contributed by atoms with Crippen LogP contribution in [-0.4, -0.2) is 9.13 Å². The summed E-state index contributed by atoms with van der Waals surface area (Å²) in [6, 6.07) is 76.6. The van der Waals surface area contributed by atoms with Gasteiger partial charge in [0.15, 0.2) is 0 Å². The summed E-state index contributed by atoms with van der Waals surface area (Å²) in [6.45, 7) is 0. The van der Waals surface area contributed by atoms with Crippen molar-refractivity contribution >= 4 is 117 Å². The predicted octanol–water partition coefficient (Wildman–Crippen LogP) is 17.1. The third kappa shape index (κ3) is 4.79. The first-order valence-corrected chi connectivity index (χ1v) is 22.8. The molecule has 0 bridgehead atoms. The molecule has 2 nitrogen and oxygen atoms in total. The van der Waals surface area contributed by atoms with Gasteiger partial charge in [-0.15, -0.1) is 22.7 Å². The van der Waals surface area contributed by atoms with Gasteiger partial charge < -0.3 is 9.13 Å². The molecule has 0 radical (unpaired) electrons. The number of thiophene rings is 2. The lowest BCUT2D eigenvalue weighted by Gasteiger charge is -2.12. The fraction of sp³-hybridized carbons (Fsp3) is 0. The number of hydrogen-bond acceptors (Lipinski definition) is 2. The minimum Gasteiger partial charge on any atom is -0.309 e.